The van der Waals surface area contributed by atoms with Gasteiger partial charge in [-0.1, -0.05) is 11.6 Å². The van der Waals surface area contributed by atoms with Crippen molar-refractivity contribution in [1.82, 2.24) is 0 Å². The van der Waals surface area contributed by atoms with Crippen LogP contribution in [0.4, 0.5) is 0 Å². The van der Waals surface area contributed by atoms with Crippen LogP contribution >= 0.6 is 11.6 Å². The van der Waals surface area contributed by atoms with Gasteiger partial charge >= 0.3 is 5.97 Å². The Labute approximate surface area is 137 Å². The molecule has 2 rings (SSSR count). The summed E-state index contributed by atoms with van der Waals surface area (Å²) in [5, 5.41) is 18.0. The number of nitrogens with zero attached hydrogens (tertiary/aromatic N) is 1. The number of aryl methyl sites for hydroxylation is 1. The van der Waals surface area contributed by atoms with Gasteiger partial charge in [0.1, 0.15) is 5.75 Å². The van der Waals surface area contributed by atoms with E-state index >= 15 is 0 Å². The van der Waals surface area contributed by atoms with Crippen LogP contribution in [0.2, 0.25) is 5.02 Å². The van der Waals surface area contributed by atoms with Crippen molar-refractivity contribution in [3.63, 3.8) is 0 Å². The first-order chi connectivity index (χ1) is 10.9. The van der Waals surface area contributed by atoms with Gasteiger partial charge in [-0.05, 0) is 48.9 Å². The normalized spacial score (nSPS) is 9.96. The van der Waals surface area contributed by atoms with Crippen LogP contribution in [0.5, 0.6) is 5.75 Å². The number of ether oxygens (including phenoxy) is 1. The molecule has 6 heteroatoms. The minimum absolute atomic E-state index is 0.127. The van der Waals surface area contributed by atoms with Gasteiger partial charge in [-0.2, -0.15) is 5.26 Å². The van der Waals surface area contributed by atoms with Crippen LogP contribution in [-0.2, 0) is 4.79 Å². The molecule has 1 N–H and O–H groups in total. The molecule has 2 aromatic rings. The van der Waals surface area contributed by atoms with Crippen molar-refractivity contribution in [1.29, 1.82) is 5.26 Å². The molecule has 0 aliphatic heterocycles. The quantitative estimate of drug-likeness (QED) is 0.851. The van der Waals surface area contributed by atoms with Gasteiger partial charge in [0.05, 0.1) is 17.2 Å². The summed E-state index contributed by atoms with van der Waals surface area (Å²) < 4.78 is 5.14. The van der Waals surface area contributed by atoms with Gasteiger partial charge in [0.25, 0.3) is 0 Å². The molecule has 0 saturated carbocycles. The average molecular weight is 330 g/mol. The molecule has 0 aliphatic carbocycles. The SMILES string of the molecule is Cc1cc(C#N)cc(C(=O)c2cc(Cl)ccc2OCC(=O)O)c1. The van der Waals surface area contributed by atoms with Crippen LogP contribution in [0.15, 0.2) is 36.4 Å². The highest BCUT2D eigenvalue weighted by Crippen LogP contribution is 2.26. The van der Waals surface area contributed by atoms with Gasteiger partial charge in [0.15, 0.2) is 12.4 Å². The predicted molar refractivity (Wildman–Crippen MR) is 83.9 cm³/mol. The number of carboxylic acids is 1. The molecule has 2 aromatic carbocycles. The fourth-order valence-electron chi connectivity index (χ4n) is 2.08. The highest BCUT2D eigenvalue weighted by atomic mass is 35.5. The second kappa shape index (κ2) is 6.95. The Balaban J connectivity index is 2.46. The van der Waals surface area contributed by atoms with Crippen molar-refractivity contribution >= 4 is 23.4 Å². The summed E-state index contributed by atoms with van der Waals surface area (Å²) in [6.45, 7) is 1.20. The van der Waals surface area contributed by atoms with Crippen molar-refractivity contribution in [2.24, 2.45) is 0 Å². The van der Waals surface area contributed by atoms with Crippen LogP contribution < -0.4 is 4.74 Å². The average Bonchev–Trinajstić information content (AvgIpc) is 2.52. The Morgan fingerprint density at radius 1 is 1.26 bits per heavy atom. The molecule has 0 radical (unpaired) electrons. The van der Waals surface area contributed by atoms with E-state index in [1.54, 1.807) is 19.1 Å². The Hall–Kier alpha value is -2.84. The van der Waals surface area contributed by atoms with E-state index in [2.05, 4.69) is 0 Å². The fourth-order valence-corrected chi connectivity index (χ4v) is 2.25. The van der Waals surface area contributed by atoms with E-state index in [1.807, 2.05) is 6.07 Å². The summed E-state index contributed by atoms with van der Waals surface area (Å²) in [4.78, 5) is 23.3. The van der Waals surface area contributed by atoms with Gasteiger partial charge in [0, 0.05) is 10.6 Å². The van der Waals surface area contributed by atoms with E-state index in [0.29, 0.717) is 16.1 Å². The number of carbonyl (C=O) groups excluding carboxylic acids is 1. The summed E-state index contributed by atoms with van der Waals surface area (Å²) in [6.07, 6.45) is 0. The third kappa shape index (κ3) is 4.09. The zero-order valence-corrected chi connectivity index (χ0v) is 12.9. The largest absolute Gasteiger partial charge is 0.481 e. The maximum Gasteiger partial charge on any atom is 0.341 e. The fraction of sp³-hybridized carbons (Fsp3) is 0.118. The minimum atomic E-state index is -1.15. The number of carboxylic acid groups (broad SMARTS) is 1. The van der Waals surface area contributed by atoms with Crippen molar-refractivity contribution < 1.29 is 19.4 Å². The molecule has 0 bridgehead atoms. The van der Waals surface area contributed by atoms with E-state index in [0.717, 1.165) is 5.56 Å². The second-order valence-corrected chi connectivity index (χ2v) is 5.29. The standard InChI is InChI=1S/C17H12ClNO4/c1-10-4-11(8-19)6-12(5-10)17(22)14-7-13(18)2-3-15(14)23-9-16(20)21/h2-7H,9H2,1H3,(H,20,21). The Bertz CT molecular complexity index is 824. The number of benzene rings is 2. The molecule has 0 atom stereocenters. The highest BCUT2D eigenvalue weighted by molar-refractivity contribution is 6.31. The Kier molecular flexibility index (Phi) is 4.99. The summed E-state index contributed by atoms with van der Waals surface area (Å²) in [7, 11) is 0. The van der Waals surface area contributed by atoms with Crippen LogP contribution in [-0.4, -0.2) is 23.5 Å². The lowest BCUT2D eigenvalue weighted by Crippen LogP contribution is -2.12. The van der Waals surface area contributed by atoms with Gasteiger partial charge in [0.2, 0.25) is 0 Å². The van der Waals surface area contributed by atoms with Crippen molar-refractivity contribution in [3.05, 3.63) is 63.7 Å². The predicted octanol–water partition coefficient (Wildman–Crippen LogP) is 3.21. The topological polar surface area (TPSA) is 87.4 Å². The summed E-state index contributed by atoms with van der Waals surface area (Å²) in [6, 6.07) is 11.1. The Morgan fingerprint density at radius 3 is 2.65 bits per heavy atom. The number of halogens is 1. The first kappa shape index (κ1) is 16.5. The first-order valence-electron chi connectivity index (χ1n) is 6.61. The van der Waals surface area contributed by atoms with E-state index in [9.17, 15) is 9.59 Å². The Morgan fingerprint density at radius 2 is 2.00 bits per heavy atom. The molecule has 0 aliphatic rings. The monoisotopic (exact) mass is 329 g/mol. The van der Waals surface area contributed by atoms with E-state index in [-0.39, 0.29) is 11.3 Å². The van der Waals surface area contributed by atoms with Crippen molar-refractivity contribution in [2.45, 2.75) is 6.92 Å². The smallest absolute Gasteiger partial charge is 0.341 e. The van der Waals surface area contributed by atoms with Crippen LogP contribution in [0.25, 0.3) is 0 Å². The lowest BCUT2D eigenvalue weighted by Gasteiger charge is -2.10. The second-order valence-electron chi connectivity index (χ2n) is 4.85. The van der Waals surface area contributed by atoms with E-state index in [4.69, 9.17) is 26.7 Å². The number of carbonyl (C=O) groups is 2. The zero-order chi connectivity index (χ0) is 17.0. The number of hydrogen-bond donors (Lipinski definition) is 1. The molecule has 0 heterocycles. The van der Waals surface area contributed by atoms with Gasteiger partial charge in [-0.25, -0.2) is 4.79 Å². The van der Waals surface area contributed by atoms with Gasteiger partial charge in [-0.3, -0.25) is 4.79 Å². The number of rotatable bonds is 5. The maximum absolute atomic E-state index is 12.7. The summed E-state index contributed by atoms with van der Waals surface area (Å²) in [5.74, 6) is -1.42. The highest BCUT2D eigenvalue weighted by Gasteiger charge is 2.17. The molecule has 0 amide bonds. The first-order valence-corrected chi connectivity index (χ1v) is 6.99. The summed E-state index contributed by atoms with van der Waals surface area (Å²) >= 11 is 5.92. The molecule has 0 unspecified atom stereocenters. The lowest BCUT2D eigenvalue weighted by atomic mass is 9.98. The van der Waals surface area contributed by atoms with Crippen LogP contribution in [0, 0.1) is 18.3 Å². The molecule has 0 fully saturated rings. The van der Waals surface area contributed by atoms with Crippen molar-refractivity contribution in [3.8, 4) is 11.8 Å². The molecule has 0 spiro atoms. The third-order valence-electron chi connectivity index (χ3n) is 3.01. The molecular weight excluding hydrogens is 318 g/mol. The minimum Gasteiger partial charge on any atom is -0.481 e. The number of hydrogen-bond acceptors (Lipinski definition) is 4. The van der Waals surface area contributed by atoms with Gasteiger partial charge in [-0.15, -0.1) is 0 Å². The maximum atomic E-state index is 12.7. The molecule has 0 aromatic heterocycles. The molecule has 23 heavy (non-hydrogen) atoms. The molecule has 116 valence electrons. The number of ketones is 1. The van der Waals surface area contributed by atoms with Crippen LogP contribution in [0.3, 0.4) is 0 Å². The number of aliphatic carboxylic acids is 1. The van der Waals surface area contributed by atoms with Crippen LogP contribution in [0.1, 0.15) is 27.0 Å². The molecule has 5 nitrogen and oxygen atoms in total. The molecule has 0 saturated heterocycles. The van der Waals surface area contributed by atoms with Gasteiger partial charge < -0.3 is 9.84 Å². The van der Waals surface area contributed by atoms with E-state index in [1.165, 1.54) is 24.3 Å². The number of nitriles is 1. The van der Waals surface area contributed by atoms with E-state index < -0.39 is 18.4 Å². The summed E-state index contributed by atoms with van der Waals surface area (Å²) in [5.41, 5.74) is 1.59. The zero-order valence-electron chi connectivity index (χ0n) is 12.2. The van der Waals surface area contributed by atoms with Crippen molar-refractivity contribution in [2.75, 3.05) is 6.61 Å². The lowest BCUT2D eigenvalue weighted by molar-refractivity contribution is -0.139. The molecular formula is C17H12ClNO4. The third-order valence-corrected chi connectivity index (χ3v) is 3.24.